The molecule has 2 nitrogen and oxygen atoms in total. The number of carbonyl (C=O) groups excluding carboxylic acids is 1. The third kappa shape index (κ3) is 3.37. The fraction of sp³-hybridized carbons (Fsp3) is 0.500. The average molecular weight is 220 g/mol. The predicted molar refractivity (Wildman–Crippen MR) is 65.3 cm³/mol. The number of ether oxygens (including phenoxy) is 1. The Kier molecular flexibility index (Phi) is 3.74. The van der Waals surface area contributed by atoms with Gasteiger partial charge in [0, 0.05) is 6.92 Å². The van der Waals surface area contributed by atoms with E-state index in [0.717, 1.165) is 5.56 Å². The van der Waals surface area contributed by atoms with Crippen molar-refractivity contribution < 1.29 is 9.53 Å². The first-order chi connectivity index (χ1) is 7.30. The minimum atomic E-state index is -0.243. The number of rotatable bonds is 2. The van der Waals surface area contributed by atoms with Crippen LogP contribution < -0.4 is 0 Å². The molecule has 2 heteroatoms. The van der Waals surface area contributed by atoms with Crippen LogP contribution in [-0.2, 0) is 14.9 Å². The molecule has 1 rings (SSSR count). The smallest absolute Gasteiger partial charge is 0.303 e. The molecule has 0 fully saturated rings. The molecule has 0 aromatic heterocycles. The van der Waals surface area contributed by atoms with Gasteiger partial charge >= 0.3 is 5.97 Å². The summed E-state index contributed by atoms with van der Waals surface area (Å²) in [7, 11) is 0. The van der Waals surface area contributed by atoms with E-state index in [0.29, 0.717) is 0 Å². The van der Waals surface area contributed by atoms with Gasteiger partial charge in [-0.25, -0.2) is 0 Å². The van der Waals surface area contributed by atoms with E-state index in [1.807, 2.05) is 19.1 Å². The molecule has 1 atom stereocenters. The minimum absolute atomic E-state index is 0.156. The van der Waals surface area contributed by atoms with Gasteiger partial charge in [0.25, 0.3) is 0 Å². The van der Waals surface area contributed by atoms with Gasteiger partial charge in [-0.3, -0.25) is 4.79 Å². The van der Waals surface area contributed by atoms with E-state index in [2.05, 4.69) is 32.9 Å². The van der Waals surface area contributed by atoms with Gasteiger partial charge < -0.3 is 4.74 Å². The van der Waals surface area contributed by atoms with Gasteiger partial charge in [0.15, 0.2) is 0 Å². The average Bonchev–Trinajstić information content (AvgIpc) is 2.15. The highest BCUT2D eigenvalue weighted by Gasteiger charge is 2.14. The lowest BCUT2D eigenvalue weighted by atomic mass is 9.86. The highest BCUT2D eigenvalue weighted by molar-refractivity contribution is 5.66. The van der Waals surface area contributed by atoms with Crippen LogP contribution in [0.25, 0.3) is 0 Å². The zero-order valence-corrected chi connectivity index (χ0v) is 10.7. The zero-order chi connectivity index (χ0) is 12.3. The first kappa shape index (κ1) is 12.8. The fourth-order valence-corrected chi connectivity index (χ4v) is 1.57. The summed E-state index contributed by atoms with van der Waals surface area (Å²) in [6, 6.07) is 8.23. The molecule has 0 bridgehead atoms. The Morgan fingerprint density at radius 1 is 1.19 bits per heavy atom. The maximum atomic E-state index is 10.8. The maximum absolute atomic E-state index is 10.8. The van der Waals surface area contributed by atoms with E-state index in [1.165, 1.54) is 12.5 Å². The molecule has 0 N–H and O–H groups in total. The van der Waals surface area contributed by atoms with Crippen LogP contribution >= 0.6 is 0 Å². The van der Waals surface area contributed by atoms with E-state index in [4.69, 9.17) is 4.74 Å². The Balaban J connectivity index is 2.83. The third-order valence-corrected chi connectivity index (χ3v) is 2.59. The summed E-state index contributed by atoms with van der Waals surface area (Å²) in [5.41, 5.74) is 2.47. The first-order valence-corrected chi connectivity index (χ1v) is 5.58. The molecule has 1 unspecified atom stereocenters. The highest BCUT2D eigenvalue weighted by Crippen LogP contribution is 2.24. The highest BCUT2D eigenvalue weighted by atomic mass is 16.5. The number of benzene rings is 1. The Bertz CT molecular complexity index is 357. The van der Waals surface area contributed by atoms with Crippen LogP contribution in [0.2, 0.25) is 0 Å². The summed E-state index contributed by atoms with van der Waals surface area (Å²) >= 11 is 0. The van der Waals surface area contributed by atoms with Crippen molar-refractivity contribution in [2.75, 3.05) is 0 Å². The molecule has 0 aliphatic rings. The monoisotopic (exact) mass is 220 g/mol. The van der Waals surface area contributed by atoms with Gasteiger partial charge in [0.2, 0.25) is 0 Å². The summed E-state index contributed by atoms with van der Waals surface area (Å²) in [5.74, 6) is -0.243. The van der Waals surface area contributed by atoms with Gasteiger partial charge in [-0.15, -0.1) is 0 Å². The summed E-state index contributed by atoms with van der Waals surface area (Å²) < 4.78 is 5.12. The molecular formula is C14H20O2. The summed E-state index contributed by atoms with van der Waals surface area (Å²) in [6.45, 7) is 9.85. The zero-order valence-electron chi connectivity index (χ0n) is 10.7. The Morgan fingerprint density at radius 3 is 2.06 bits per heavy atom. The van der Waals surface area contributed by atoms with Gasteiger partial charge in [-0.1, -0.05) is 45.0 Å². The number of hydrogen-bond donors (Lipinski definition) is 0. The summed E-state index contributed by atoms with van der Waals surface area (Å²) in [6.07, 6.45) is -0.175. The molecule has 1 aromatic carbocycles. The van der Waals surface area contributed by atoms with Crippen LogP contribution in [0.5, 0.6) is 0 Å². The molecule has 0 saturated carbocycles. The van der Waals surface area contributed by atoms with Crippen LogP contribution in [0.3, 0.4) is 0 Å². The molecule has 88 valence electrons. The molecule has 16 heavy (non-hydrogen) atoms. The van der Waals surface area contributed by atoms with Gasteiger partial charge in [-0.05, 0) is 23.5 Å². The SMILES string of the molecule is CC(=O)OC(C)c1ccc(C(C)(C)C)cc1. The van der Waals surface area contributed by atoms with Crippen molar-refractivity contribution in [2.24, 2.45) is 0 Å². The maximum Gasteiger partial charge on any atom is 0.303 e. The fourth-order valence-electron chi connectivity index (χ4n) is 1.57. The second kappa shape index (κ2) is 4.69. The van der Waals surface area contributed by atoms with Crippen molar-refractivity contribution in [3.05, 3.63) is 35.4 Å². The van der Waals surface area contributed by atoms with E-state index in [9.17, 15) is 4.79 Å². The van der Waals surface area contributed by atoms with Crippen molar-refractivity contribution in [3.8, 4) is 0 Å². The lowest BCUT2D eigenvalue weighted by molar-refractivity contribution is -0.145. The Morgan fingerprint density at radius 2 is 1.69 bits per heavy atom. The van der Waals surface area contributed by atoms with E-state index in [1.54, 1.807) is 0 Å². The largest absolute Gasteiger partial charge is 0.458 e. The molecule has 0 spiro atoms. The number of esters is 1. The molecule has 1 aromatic rings. The number of hydrogen-bond acceptors (Lipinski definition) is 2. The predicted octanol–water partition coefficient (Wildman–Crippen LogP) is 3.61. The van der Waals surface area contributed by atoms with Crippen molar-refractivity contribution in [2.45, 2.75) is 46.1 Å². The third-order valence-electron chi connectivity index (χ3n) is 2.59. The van der Waals surface area contributed by atoms with Crippen LogP contribution in [-0.4, -0.2) is 5.97 Å². The van der Waals surface area contributed by atoms with Crippen molar-refractivity contribution >= 4 is 5.97 Å². The van der Waals surface area contributed by atoms with E-state index >= 15 is 0 Å². The van der Waals surface area contributed by atoms with E-state index in [-0.39, 0.29) is 17.5 Å². The molecule has 0 radical (unpaired) electrons. The van der Waals surface area contributed by atoms with Crippen molar-refractivity contribution in [1.29, 1.82) is 0 Å². The van der Waals surface area contributed by atoms with Crippen molar-refractivity contribution in [3.63, 3.8) is 0 Å². The molecule has 0 aliphatic carbocycles. The lowest BCUT2D eigenvalue weighted by Gasteiger charge is -2.20. The van der Waals surface area contributed by atoms with Crippen LogP contribution in [0.4, 0.5) is 0 Å². The summed E-state index contributed by atoms with van der Waals surface area (Å²) in [5, 5.41) is 0. The summed E-state index contributed by atoms with van der Waals surface area (Å²) in [4.78, 5) is 10.8. The quantitative estimate of drug-likeness (QED) is 0.712. The minimum Gasteiger partial charge on any atom is -0.458 e. The molecular weight excluding hydrogens is 200 g/mol. The second-order valence-electron chi connectivity index (χ2n) is 5.12. The number of carbonyl (C=O) groups is 1. The van der Waals surface area contributed by atoms with Gasteiger partial charge in [0.1, 0.15) is 6.10 Å². The van der Waals surface area contributed by atoms with Crippen molar-refractivity contribution in [1.82, 2.24) is 0 Å². The second-order valence-corrected chi connectivity index (χ2v) is 5.12. The normalized spacial score (nSPS) is 13.3. The van der Waals surface area contributed by atoms with Crippen LogP contribution in [0, 0.1) is 0 Å². The van der Waals surface area contributed by atoms with Gasteiger partial charge in [0.05, 0.1) is 0 Å². The molecule has 0 amide bonds. The molecule has 0 heterocycles. The van der Waals surface area contributed by atoms with Crippen LogP contribution in [0.1, 0.15) is 51.8 Å². The standard InChI is InChI=1S/C14H20O2/c1-10(16-11(2)15)12-6-8-13(9-7-12)14(3,4)5/h6-10H,1-5H3. The van der Waals surface area contributed by atoms with Crippen LogP contribution in [0.15, 0.2) is 24.3 Å². The molecule has 0 aliphatic heterocycles. The molecule has 0 saturated heterocycles. The van der Waals surface area contributed by atoms with E-state index < -0.39 is 0 Å². The topological polar surface area (TPSA) is 26.3 Å². The Labute approximate surface area is 97.6 Å². The Hall–Kier alpha value is -1.31. The van der Waals surface area contributed by atoms with Gasteiger partial charge in [-0.2, -0.15) is 0 Å². The lowest BCUT2D eigenvalue weighted by Crippen LogP contribution is -2.11. The first-order valence-electron chi connectivity index (χ1n) is 5.58.